The number of methoxy groups -OCH3 is 2. The van der Waals surface area contributed by atoms with Crippen molar-refractivity contribution in [1.29, 1.82) is 0 Å². The highest BCUT2D eigenvalue weighted by molar-refractivity contribution is 5.42. The van der Waals surface area contributed by atoms with Crippen LogP contribution in [-0.4, -0.2) is 51.0 Å². The second-order valence-electron chi connectivity index (χ2n) is 7.30. The van der Waals surface area contributed by atoms with Crippen LogP contribution in [0.15, 0.2) is 18.2 Å². The molecule has 1 saturated heterocycles. The number of benzene rings is 1. The summed E-state index contributed by atoms with van der Waals surface area (Å²) in [5.74, 6) is 1.60. The van der Waals surface area contributed by atoms with Crippen molar-refractivity contribution in [2.45, 2.75) is 63.5 Å². The molecule has 25 heavy (non-hydrogen) atoms. The molecular weight excluding hydrogens is 314 g/mol. The third-order valence-corrected chi connectivity index (χ3v) is 5.67. The lowest BCUT2D eigenvalue weighted by Gasteiger charge is -2.37. The molecule has 0 amide bonds. The quantitative estimate of drug-likeness (QED) is 0.664. The van der Waals surface area contributed by atoms with E-state index in [0.29, 0.717) is 12.1 Å². The summed E-state index contributed by atoms with van der Waals surface area (Å²) in [5.41, 5.74) is 1.28. The second kappa shape index (κ2) is 9.44. The average Bonchev–Trinajstić information content (AvgIpc) is 3.20. The topological polar surface area (TPSA) is 30.9 Å². The van der Waals surface area contributed by atoms with Gasteiger partial charge in [-0.3, -0.25) is 4.90 Å². The van der Waals surface area contributed by atoms with E-state index in [2.05, 4.69) is 17.0 Å². The van der Waals surface area contributed by atoms with Crippen LogP contribution in [0.2, 0.25) is 0 Å². The van der Waals surface area contributed by atoms with Gasteiger partial charge in [0.05, 0.1) is 20.3 Å². The molecule has 4 nitrogen and oxygen atoms in total. The molecule has 0 spiro atoms. The zero-order valence-corrected chi connectivity index (χ0v) is 15.8. The molecule has 4 heteroatoms. The van der Waals surface area contributed by atoms with E-state index in [1.807, 2.05) is 6.07 Å². The lowest BCUT2D eigenvalue weighted by molar-refractivity contribution is -0.0309. The normalized spacial score (nSPS) is 24.4. The molecule has 0 radical (unpaired) electrons. The van der Waals surface area contributed by atoms with Gasteiger partial charge in [-0.1, -0.05) is 18.9 Å². The van der Waals surface area contributed by atoms with Gasteiger partial charge >= 0.3 is 0 Å². The van der Waals surface area contributed by atoms with Crippen LogP contribution < -0.4 is 9.47 Å². The van der Waals surface area contributed by atoms with Gasteiger partial charge < -0.3 is 14.2 Å². The van der Waals surface area contributed by atoms with Crippen molar-refractivity contribution in [1.82, 2.24) is 4.90 Å². The van der Waals surface area contributed by atoms with E-state index >= 15 is 0 Å². The Kier molecular flexibility index (Phi) is 7.00. The summed E-state index contributed by atoms with van der Waals surface area (Å²) in [4.78, 5) is 2.68. The molecule has 1 aromatic carbocycles. The van der Waals surface area contributed by atoms with Gasteiger partial charge in [-0.05, 0) is 69.3 Å². The molecule has 2 aliphatic rings. The SMILES string of the molecule is COc1ccc(CCCO[C@@H]2CCCC[C@H]2N2CCCC2)cc1OC. The summed E-state index contributed by atoms with van der Waals surface area (Å²) in [7, 11) is 3.36. The molecule has 140 valence electrons. The molecule has 3 rings (SSSR count). The number of nitrogens with zero attached hydrogens (tertiary/aromatic N) is 1. The van der Waals surface area contributed by atoms with Crippen LogP contribution in [-0.2, 0) is 11.2 Å². The minimum absolute atomic E-state index is 0.442. The smallest absolute Gasteiger partial charge is 0.160 e. The van der Waals surface area contributed by atoms with Gasteiger partial charge in [0.1, 0.15) is 0 Å². The molecule has 0 unspecified atom stereocenters. The van der Waals surface area contributed by atoms with Crippen LogP contribution in [0, 0.1) is 0 Å². The summed E-state index contributed by atoms with van der Waals surface area (Å²) in [6.45, 7) is 3.40. The average molecular weight is 347 g/mol. The standard InChI is InChI=1S/C21H33NO3/c1-23-20-12-11-17(16-21(20)24-2)8-7-15-25-19-10-4-3-9-18(19)22-13-5-6-14-22/h11-12,16,18-19H,3-10,13-15H2,1-2H3/t18-,19-/m1/s1. The maximum absolute atomic E-state index is 6.33. The van der Waals surface area contributed by atoms with Crippen LogP contribution in [0.5, 0.6) is 11.5 Å². The first-order chi connectivity index (χ1) is 12.3. The number of likely N-dealkylation sites (tertiary alicyclic amines) is 1. The first-order valence-electron chi connectivity index (χ1n) is 9.88. The Morgan fingerprint density at radius 2 is 1.72 bits per heavy atom. The van der Waals surface area contributed by atoms with Crippen LogP contribution in [0.4, 0.5) is 0 Å². The molecule has 0 aromatic heterocycles. The van der Waals surface area contributed by atoms with Crippen molar-refractivity contribution in [3.8, 4) is 11.5 Å². The van der Waals surface area contributed by atoms with E-state index < -0.39 is 0 Å². The third kappa shape index (κ3) is 4.89. The Hall–Kier alpha value is -1.26. The molecule has 2 fully saturated rings. The van der Waals surface area contributed by atoms with Gasteiger partial charge in [0.25, 0.3) is 0 Å². The van der Waals surface area contributed by atoms with E-state index in [4.69, 9.17) is 14.2 Å². The number of hydrogen-bond donors (Lipinski definition) is 0. The fourth-order valence-corrected chi connectivity index (χ4v) is 4.31. The first-order valence-corrected chi connectivity index (χ1v) is 9.88. The molecule has 0 N–H and O–H groups in total. The van der Waals surface area contributed by atoms with E-state index in [1.165, 1.54) is 57.2 Å². The number of aryl methyl sites for hydroxylation is 1. The Morgan fingerprint density at radius 3 is 2.48 bits per heavy atom. The third-order valence-electron chi connectivity index (χ3n) is 5.67. The van der Waals surface area contributed by atoms with Gasteiger partial charge in [0, 0.05) is 12.6 Å². The fraction of sp³-hybridized carbons (Fsp3) is 0.714. The largest absolute Gasteiger partial charge is 0.493 e. The first kappa shape index (κ1) is 18.5. The maximum atomic E-state index is 6.33. The Bertz CT molecular complexity index is 528. The zero-order valence-electron chi connectivity index (χ0n) is 15.8. The van der Waals surface area contributed by atoms with E-state index in [9.17, 15) is 0 Å². The zero-order chi connectivity index (χ0) is 17.5. The van der Waals surface area contributed by atoms with Crippen molar-refractivity contribution in [3.05, 3.63) is 23.8 Å². The number of rotatable bonds is 8. The summed E-state index contributed by atoms with van der Waals surface area (Å²) in [5, 5.41) is 0. The summed E-state index contributed by atoms with van der Waals surface area (Å²) in [6, 6.07) is 6.85. The van der Waals surface area contributed by atoms with Gasteiger partial charge in [-0.15, -0.1) is 0 Å². The minimum atomic E-state index is 0.442. The van der Waals surface area contributed by atoms with Crippen LogP contribution in [0.1, 0.15) is 50.5 Å². The van der Waals surface area contributed by atoms with Crippen molar-refractivity contribution in [2.24, 2.45) is 0 Å². The predicted octanol–water partition coefficient (Wildman–Crippen LogP) is 4.06. The highest BCUT2D eigenvalue weighted by atomic mass is 16.5. The number of hydrogen-bond acceptors (Lipinski definition) is 4. The molecule has 1 saturated carbocycles. The van der Waals surface area contributed by atoms with Crippen molar-refractivity contribution >= 4 is 0 Å². The van der Waals surface area contributed by atoms with E-state index in [-0.39, 0.29) is 0 Å². The molecule has 1 heterocycles. The second-order valence-corrected chi connectivity index (χ2v) is 7.30. The molecule has 2 atom stereocenters. The predicted molar refractivity (Wildman–Crippen MR) is 101 cm³/mol. The lowest BCUT2D eigenvalue weighted by Crippen LogP contribution is -2.45. The molecule has 1 aliphatic heterocycles. The molecular formula is C21H33NO3. The summed E-state index contributed by atoms with van der Waals surface area (Å²) >= 11 is 0. The van der Waals surface area contributed by atoms with Gasteiger partial charge in [0.2, 0.25) is 0 Å². The fourth-order valence-electron chi connectivity index (χ4n) is 4.31. The number of ether oxygens (including phenoxy) is 3. The summed E-state index contributed by atoms with van der Waals surface area (Å²) < 4.78 is 17.0. The highest BCUT2D eigenvalue weighted by Crippen LogP contribution is 2.29. The van der Waals surface area contributed by atoms with E-state index in [1.54, 1.807) is 14.2 Å². The Labute approximate surface area is 152 Å². The van der Waals surface area contributed by atoms with Crippen LogP contribution >= 0.6 is 0 Å². The van der Waals surface area contributed by atoms with Crippen molar-refractivity contribution < 1.29 is 14.2 Å². The Morgan fingerprint density at radius 1 is 0.960 bits per heavy atom. The van der Waals surface area contributed by atoms with Crippen LogP contribution in [0.3, 0.4) is 0 Å². The molecule has 1 aliphatic carbocycles. The maximum Gasteiger partial charge on any atom is 0.160 e. The minimum Gasteiger partial charge on any atom is -0.493 e. The van der Waals surface area contributed by atoms with Gasteiger partial charge in [-0.2, -0.15) is 0 Å². The lowest BCUT2D eigenvalue weighted by atomic mass is 9.91. The monoisotopic (exact) mass is 347 g/mol. The van der Waals surface area contributed by atoms with Crippen molar-refractivity contribution in [3.63, 3.8) is 0 Å². The van der Waals surface area contributed by atoms with Crippen molar-refractivity contribution in [2.75, 3.05) is 33.9 Å². The Balaban J connectivity index is 1.45. The van der Waals surface area contributed by atoms with E-state index in [0.717, 1.165) is 30.9 Å². The molecule has 0 bridgehead atoms. The van der Waals surface area contributed by atoms with Crippen LogP contribution in [0.25, 0.3) is 0 Å². The molecule has 1 aromatic rings. The van der Waals surface area contributed by atoms with Gasteiger partial charge in [0.15, 0.2) is 11.5 Å². The van der Waals surface area contributed by atoms with Gasteiger partial charge in [-0.25, -0.2) is 0 Å². The summed E-state index contributed by atoms with van der Waals surface area (Å²) in [6.07, 6.45) is 10.5. The highest BCUT2D eigenvalue weighted by Gasteiger charge is 2.31.